The molecule has 0 radical (unpaired) electrons. The van der Waals surface area contributed by atoms with Crippen molar-refractivity contribution in [3.8, 4) is 5.75 Å². The highest BCUT2D eigenvalue weighted by atomic mass is 16.5. The van der Waals surface area contributed by atoms with E-state index in [-0.39, 0.29) is 19.1 Å². The van der Waals surface area contributed by atoms with Crippen molar-refractivity contribution in [3.05, 3.63) is 65.2 Å². The van der Waals surface area contributed by atoms with Gasteiger partial charge in [0.2, 0.25) is 0 Å². The fraction of sp³-hybridized carbons (Fsp3) is 0.381. The third-order valence-electron chi connectivity index (χ3n) is 4.66. The monoisotopic (exact) mass is 355 g/mol. The summed E-state index contributed by atoms with van der Waals surface area (Å²) in [7, 11) is 1.64. The third kappa shape index (κ3) is 4.42. The number of β-amino-alcohol motifs (C(OH)–C–C–N with tert-alkyl or cyclic N) is 1. The van der Waals surface area contributed by atoms with Gasteiger partial charge in [-0.2, -0.15) is 0 Å². The van der Waals surface area contributed by atoms with Gasteiger partial charge in [0.05, 0.1) is 13.2 Å². The number of aliphatic hydroxyl groups is 1. The van der Waals surface area contributed by atoms with Crippen LogP contribution in [0.1, 0.15) is 27.9 Å². The summed E-state index contributed by atoms with van der Waals surface area (Å²) in [6.45, 7) is 3.50. The number of methoxy groups -OCH3 is 1. The number of benzene rings is 2. The molecule has 1 heterocycles. The number of hydrogen-bond donors (Lipinski definition) is 1. The lowest BCUT2D eigenvalue weighted by atomic mass is 10.1. The minimum Gasteiger partial charge on any atom is -0.491 e. The van der Waals surface area contributed by atoms with E-state index in [0.717, 1.165) is 16.9 Å². The second kappa shape index (κ2) is 7.89. The largest absolute Gasteiger partial charge is 0.491 e. The summed E-state index contributed by atoms with van der Waals surface area (Å²) in [5.41, 5.74) is 1.78. The lowest BCUT2D eigenvalue weighted by molar-refractivity contribution is 0.00430. The molecule has 1 atom stereocenters. The van der Waals surface area contributed by atoms with E-state index in [1.165, 1.54) is 0 Å². The van der Waals surface area contributed by atoms with Gasteiger partial charge in [-0.3, -0.25) is 4.79 Å². The predicted octanol–water partition coefficient (Wildman–Crippen LogP) is 2.80. The van der Waals surface area contributed by atoms with E-state index in [9.17, 15) is 9.90 Å². The number of likely N-dealkylation sites (tertiary alicyclic amines) is 1. The number of carbonyl (C=O) groups is 1. The predicted molar refractivity (Wildman–Crippen MR) is 99.3 cm³/mol. The first-order chi connectivity index (χ1) is 12.5. The normalized spacial score (nSPS) is 19.6. The van der Waals surface area contributed by atoms with E-state index < -0.39 is 5.60 Å². The van der Waals surface area contributed by atoms with Crippen LogP contribution in [0.2, 0.25) is 0 Å². The van der Waals surface area contributed by atoms with Crippen LogP contribution in [0, 0.1) is 6.92 Å². The summed E-state index contributed by atoms with van der Waals surface area (Å²) in [6, 6.07) is 15.1. The molecule has 1 fully saturated rings. The molecule has 5 heteroatoms. The Morgan fingerprint density at radius 2 is 1.85 bits per heavy atom. The zero-order chi connectivity index (χ0) is 18.6. The van der Waals surface area contributed by atoms with Gasteiger partial charge in [0.25, 0.3) is 5.91 Å². The summed E-state index contributed by atoms with van der Waals surface area (Å²) in [5, 5.41) is 10.8. The van der Waals surface area contributed by atoms with Gasteiger partial charge in [-0.25, -0.2) is 0 Å². The fourth-order valence-electron chi connectivity index (χ4n) is 3.09. The molecule has 2 aromatic rings. The van der Waals surface area contributed by atoms with Crippen molar-refractivity contribution >= 4 is 5.91 Å². The van der Waals surface area contributed by atoms with Crippen molar-refractivity contribution in [2.24, 2.45) is 0 Å². The number of carbonyl (C=O) groups excluding carboxylic acids is 1. The molecule has 138 valence electrons. The van der Waals surface area contributed by atoms with Gasteiger partial charge in [0.1, 0.15) is 18.0 Å². The Morgan fingerprint density at radius 3 is 2.50 bits per heavy atom. The van der Waals surface area contributed by atoms with Gasteiger partial charge < -0.3 is 19.5 Å². The highest BCUT2D eigenvalue weighted by Gasteiger charge is 2.39. The number of nitrogens with zero attached hydrogens (tertiary/aromatic N) is 1. The van der Waals surface area contributed by atoms with E-state index in [2.05, 4.69) is 0 Å². The standard InChI is InChI=1S/C21H25NO4/c1-16-3-9-19(10-4-16)26-15-21(24)11-12-22(14-21)20(23)18-7-5-17(6-8-18)13-25-2/h3-10,24H,11-15H2,1-2H3/t21-/m1/s1. The minimum absolute atomic E-state index is 0.0692. The maximum Gasteiger partial charge on any atom is 0.253 e. The first-order valence-electron chi connectivity index (χ1n) is 8.78. The fourth-order valence-corrected chi connectivity index (χ4v) is 3.09. The summed E-state index contributed by atoms with van der Waals surface area (Å²) in [6.07, 6.45) is 0.506. The first-order valence-corrected chi connectivity index (χ1v) is 8.78. The Bertz CT molecular complexity index is 742. The molecule has 1 saturated heterocycles. The quantitative estimate of drug-likeness (QED) is 0.866. The number of ether oxygens (including phenoxy) is 2. The molecule has 1 N–H and O–H groups in total. The highest BCUT2D eigenvalue weighted by molar-refractivity contribution is 5.94. The van der Waals surface area contributed by atoms with Crippen LogP contribution in [0.4, 0.5) is 0 Å². The molecule has 5 nitrogen and oxygen atoms in total. The van der Waals surface area contributed by atoms with Crippen LogP contribution in [0.5, 0.6) is 5.75 Å². The van der Waals surface area contributed by atoms with Crippen molar-refractivity contribution in [1.29, 1.82) is 0 Å². The van der Waals surface area contributed by atoms with E-state index in [1.54, 1.807) is 24.1 Å². The van der Waals surface area contributed by atoms with Crippen LogP contribution < -0.4 is 4.74 Å². The van der Waals surface area contributed by atoms with Gasteiger partial charge in [0, 0.05) is 19.2 Å². The molecule has 2 aromatic carbocycles. The molecular weight excluding hydrogens is 330 g/mol. The van der Waals surface area contributed by atoms with Crippen molar-refractivity contribution < 1.29 is 19.4 Å². The highest BCUT2D eigenvalue weighted by Crippen LogP contribution is 2.25. The molecule has 0 unspecified atom stereocenters. The van der Waals surface area contributed by atoms with Crippen LogP contribution in [0.15, 0.2) is 48.5 Å². The van der Waals surface area contributed by atoms with Gasteiger partial charge in [-0.15, -0.1) is 0 Å². The molecule has 0 saturated carbocycles. The Labute approximate surface area is 154 Å². The zero-order valence-corrected chi connectivity index (χ0v) is 15.3. The molecule has 0 spiro atoms. The minimum atomic E-state index is -1.02. The second-order valence-corrected chi connectivity index (χ2v) is 6.93. The summed E-state index contributed by atoms with van der Waals surface area (Å²) in [5.74, 6) is 0.655. The van der Waals surface area contributed by atoms with E-state index in [0.29, 0.717) is 25.1 Å². The van der Waals surface area contributed by atoms with Gasteiger partial charge >= 0.3 is 0 Å². The molecule has 0 aromatic heterocycles. The van der Waals surface area contributed by atoms with Gasteiger partial charge in [-0.1, -0.05) is 29.8 Å². The molecule has 0 aliphatic carbocycles. The molecule has 3 rings (SSSR count). The Hall–Kier alpha value is -2.37. The topological polar surface area (TPSA) is 59.0 Å². The van der Waals surface area contributed by atoms with Crippen molar-refractivity contribution in [2.45, 2.75) is 25.6 Å². The summed E-state index contributed by atoms with van der Waals surface area (Å²) < 4.78 is 10.8. The zero-order valence-electron chi connectivity index (χ0n) is 15.3. The first kappa shape index (κ1) is 18.4. The number of hydrogen-bond acceptors (Lipinski definition) is 4. The molecule has 26 heavy (non-hydrogen) atoms. The Kier molecular flexibility index (Phi) is 5.59. The van der Waals surface area contributed by atoms with Crippen LogP contribution in [-0.4, -0.2) is 48.3 Å². The van der Waals surface area contributed by atoms with Crippen molar-refractivity contribution in [3.63, 3.8) is 0 Å². The lowest BCUT2D eigenvalue weighted by Crippen LogP contribution is -2.40. The average Bonchev–Trinajstić information content (AvgIpc) is 3.04. The van der Waals surface area contributed by atoms with E-state index in [4.69, 9.17) is 9.47 Å². The van der Waals surface area contributed by atoms with Crippen LogP contribution >= 0.6 is 0 Å². The van der Waals surface area contributed by atoms with Gasteiger partial charge in [-0.05, 0) is 43.2 Å². The maximum absolute atomic E-state index is 12.7. The van der Waals surface area contributed by atoms with Crippen LogP contribution in [-0.2, 0) is 11.3 Å². The van der Waals surface area contributed by atoms with E-state index >= 15 is 0 Å². The maximum atomic E-state index is 12.7. The Morgan fingerprint density at radius 1 is 1.15 bits per heavy atom. The van der Waals surface area contributed by atoms with Crippen LogP contribution in [0.25, 0.3) is 0 Å². The molecule has 0 bridgehead atoms. The third-order valence-corrected chi connectivity index (χ3v) is 4.66. The van der Waals surface area contributed by atoms with Crippen molar-refractivity contribution in [2.75, 3.05) is 26.8 Å². The smallest absolute Gasteiger partial charge is 0.253 e. The average molecular weight is 355 g/mol. The van der Waals surface area contributed by atoms with E-state index in [1.807, 2.05) is 43.3 Å². The molecule has 1 aliphatic rings. The number of aryl methyl sites for hydroxylation is 1. The molecule has 1 aliphatic heterocycles. The Balaban J connectivity index is 1.57. The van der Waals surface area contributed by atoms with Gasteiger partial charge in [0.15, 0.2) is 0 Å². The molecular formula is C21H25NO4. The number of rotatable bonds is 6. The number of amides is 1. The molecule has 1 amide bonds. The van der Waals surface area contributed by atoms with Crippen LogP contribution in [0.3, 0.4) is 0 Å². The second-order valence-electron chi connectivity index (χ2n) is 6.93. The lowest BCUT2D eigenvalue weighted by Gasteiger charge is -2.23. The summed E-state index contributed by atoms with van der Waals surface area (Å²) >= 11 is 0. The SMILES string of the molecule is COCc1ccc(C(=O)N2CC[C@](O)(COc3ccc(C)cc3)C2)cc1. The summed E-state index contributed by atoms with van der Waals surface area (Å²) in [4.78, 5) is 14.3. The van der Waals surface area contributed by atoms with Crippen molar-refractivity contribution in [1.82, 2.24) is 4.90 Å².